The molecule has 0 aromatic carbocycles. The van der Waals surface area contributed by atoms with Crippen LogP contribution >= 0.6 is 33.6 Å². The molecule has 0 bridgehead atoms. The summed E-state index contributed by atoms with van der Waals surface area (Å²) in [6.07, 6.45) is 0. The Kier molecular flexibility index (Phi) is 9.64. The van der Waals surface area contributed by atoms with Crippen LogP contribution in [0.2, 0.25) is 0 Å². The molecule has 0 atom stereocenters. The predicted octanol–water partition coefficient (Wildman–Crippen LogP) is 1.33. The molecule has 0 unspecified atom stereocenters. The Morgan fingerprint density at radius 1 is 1.14 bits per heavy atom. The van der Waals surface area contributed by atoms with Gasteiger partial charge in [0.15, 0.2) is 0 Å². The molecule has 0 aromatic rings. The summed E-state index contributed by atoms with van der Waals surface area (Å²) in [5, 5.41) is 11.1. The summed E-state index contributed by atoms with van der Waals surface area (Å²) in [7, 11) is -1.05. The third kappa shape index (κ3) is 12.8. The highest BCUT2D eigenvalue weighted by atomic mass is 33.1. The summed E-state index contributed by atoms with van der Waals surface area (Å²) < 4.78 is 33.0. The van der Waals surface area contributed by atoms with Crippen molar-refractivity contribution < 1.29 is 27.6 Å². The second kappa shape index (κ2) is 9.09. The van der Waals surface area contributed by atoms with Crippen LogP contribution in [0.4, 0.5) is 0 Å². The van der Waals surface area contributed by atoms with Gasteiger partial charge in [0.2, 0.25) is 0 Å². The van der Waals surface area contributed by atoms with Crippen molar-refractivity contribution in [3.8, 4) is 0 Å². The van der Waals surface area contributed by atoms with Crippen LogP contribution in [0.5, 0.6) is 0 Å². The Hall–Kier alpha value is 0.840. The molecule has 86 valence electrons. The quantitative estimate of drug-likeness (QED) is 0.162. The molecule has 0 heterocycles. The molecule has 0 rings (SSSR count). The molecule has 2 N–H and O–H groups in total. The van der Waals surface area contributed by atoms with Gasteiger partial charge >= 0.3 is 0 Å². The Labute approximate surface area is 94.3 Å². The van der Waals surface area contributed by atoms with Crippen LogP contribution in [0.1, 0.15) is 0 Å². The van der Waals surface area contributed by atoms with Gasteiger partial charge in [-0.05, 0) is 0 Å². The maximum atomic E-state index is 10.3. The molecule has 6 nitrogen and oxygen atoms in total. The molecule has 0 radical (unpaired) electrons. The zero-order chi connectivity index (χ0) is 10.9. The van der Waals surface area contributed by atoms with E-state index < -0.39 is 10.1 Å². The summed E-state index contributed by atoms with van der Waals surface area (Å²) in [6.45, 7) is 0. The van der Waals surface area contributed by atoms with Gasteiger partial charge in [-0.2, -0.15) is 8.42 Å². The lowest BCUT2D eigenvalue weighted by Crippen LogP contribution is -2.05. The molecule has 0 amide bonds. The maximum absolute atomic E-state index is 10.3. The van der Waals surface area contributed by atoms with E-state index in [4.69, 9.17) is 9.81 Å². The van der Waals surface area contributed by atoms with E-state index in [0.717, 1.165) is 12.0 Å². The van der Waals surface area contributed by atoms with Gasteiger partial charge in [0.05, 0.1) is 5.75 Å². The van der Waals surface area contributed by atoms with Crippen molar-refractivity contribution in [3.05, 3.63) is 0 Å². The topological polar surface area (TPSA) is 93.1 Å². The van der Waals surface area contributed by atoms with Gasteiger partial charge in [-0.15, -0.1) is 4.33 Å². The molecule has 0 aliphatic carbocycles. The maximum Gasteiger partial charge on any atom is 0.265 e. The molecule has 0 fully saturated rings. The van der Waals surface area contributed by atoms with E-state index in [1.165, 1.54) is 21.6 Å². The third-order valence-corrected chi connectivity index (χ3v) is 5.01. The number of rotatable bonds is 9. The molecular formula is C4H10O6S4. The predicted molar refractivity (Wildman–Crippen MR) is 58.6 cm³/mol. The monoisotopic (exact) mass is 282 g/mol. The molecule has 0 aromatic heterocycles. The van der Waals surface area contributed by atoms with Gasteiger partial charge in [0.1, 0.15) is 0 Å². The highest BCUT2D eigenvalue weighted by Gasteiger charge is 2.03. The van der Waals surface area contributed by atoms with E-state index in [2.05, 4.69) is 9.37 Å². The van der Waals surface area contributed by atoms with E-state index in [-0.39, 0.29) is 5.75 Å². The minimum Gasteiger partial charge on any atom is -0.286 e. The van der Waals surface area contributed by atoms with Crippen molar-refractivity contribution in [3.63, 3.8) is 0 Å². The second-order valence-corrected chi connectivity index (χ2v) is 6.95. The summed E-state index contributed by atoms with van der Waals surface area (Å²) in [4.78, 5) is 0. The first-order valence-corrected chi connectivity index (χ1v) is 8.36. The van der Waals surface area contributed by atoms with Crippen LogP contribution in [0.15, 0.2) is 0 Å². The van der Waals surface area contributed by atoms with E-state index in [9.17, 15) is 8.42 Å². The molecule has 14 heavy (non-hydrogen) atoms. The van der Waals surface area contributed by atoms with E-state index in [1.54, 1.807) is 0 Å². The van der Waals surface area contributed by atoms with Crippen LogP contribution in [0, 0.1) is 0 Å². The Bertz CT molecular complexity index is 216. The summed E-state index contributed by atoms with van der Waals surface area (Å²) >= 11 is 0.943. The van der Waals surface area contributed by atoms with Gasteiger partial charge in [-0.1, -0.05) is 26.6 Å². The van der Waals surface area contributed by atoms with Gasteiger partial charge in [0.25, 0.3) is 10.1 Å². The first-order valence-electron chi connectivity index (χ1n) is 3.35. The van der Waals surface area contributed by atoms with Crippen molar-refractivity contribution >= 4 is 43.7 Å². The lowest BCUT2D eigenvalue weighted by Gasteiger charge is -1.98. The SMILES string of the molecule is O=S(=O)(O)CCSSCCSOOO. The molecule has 0 saturated carbocycles. The number of hydrogen-bond donors (Lipinski definition) is 2. The van der Waals surface area contributed by atoms with Crippen molar-refractivity contribution in [2.45, 2.75) is 0 Å². The van der Waals surface area contributed by atoms with Crippen molar-refractivity contribution in [2.75, 3.05) is 23.0 Å². The zero-order valence-corrected chi connectivity index (χ0v) is 10.3. The van der Waals surface area contributed by atoms with Crippen molar-refractivity contribution in [2.24, 2.45) is 0 Å². The summed E-state index contributed by atoms with van der Waals surface area (Å²) in [5.74, 6) is 1.41. The standard InChI is InChI=1S/C4H10O6S4/c5-9-10-11-1-2-12-13-3-4-14(6,7)8/h5H,1-4H2,(H,6,7,8). The molecular weight excluding hydrogens is 272 g/mol. The van der Waals surface area contributed by atoms with Crippen LogP contribution in [-0.4, -0.2) is 41.2 Å². The Balaban J connectivity index is 3.07. The van der Waals surface area contributed by atoms with E-state index in [0.29, 0.717) is 17.3 Å². The van der Waals surface area contributed by atoms with Gasteiger partial charge in [-0.3, -0.25) is 4.55 Å². The highest BCUT2D eigenvalue weighted by Crippen LogP contribution is 2.22. The molecule has 0 aliphatic rings. The summed E-state index contributed by atoms with van der Waals surface area (Å²) in [5.41, 5.74) is 0. The first kappa shape index (κ1) is 14.8. The normalized spacial score (nSPS) is 11.9. The smallest absolute Gasteiger partial charge is 0.265 e. The Morgan fingerprint density at radius 3 is 2.36 bits per heavy atom. The van der Waals surface area contributed by atoms with Gasteiger partial charge < -0.3 is 0 Å². The highest BCUT2D eigenvalue weighted by molar-refractivity contribution is 8.76. The first-order chi connectivity index (χ1) is 6.56. The third-order valence-electron chi connectivity index (χ3n) is 0.836. The van der Waals surface area contributed by atoms with Crippen molar-refractivity contribution in [1.29, 1.82) is 0 Å². The van der Waals surface area contributed by atoms with Crippen LogP contribution in [0.25, 0.3) is 0 Å². The fourth-order valence-corrected chi connectivity index (χ4v) is 4.32. The van der Waals surface area contributed by atoms with Gasteiger partial charge in [0, 0.05) is 29.3 Å². The van der Waals surface area contributed by atoms with Crippen LogP contribution in [0.3, 0.4) is 0 Å². The zero-order valence-electron chi connectivity index (χ0n) is 6.99. The lowest BCUT2D eigenvalue weighted by molar-refractivity contribution is -0.432. The van der Waals surface area contributed by atoms with Gasteiger partial charge in [-0.25, -0.2) is 5.26 Å². The number of hydrogen-bond acceptors (Lipinski definition) is 8. The second-order valence-electron chi connectivity index (χ2n) is 1.89. The fraction of sp³-hybridized carbons (Fsp3) is 1.00. The summed E-state index contributed by atoms with van der Waals surface area (Å²) in [6, 6.07) is 0. The molecule has 0 saturated heterocycles. The Morgan fingerprint density at radius 2 is 1.79 bits per heavy atom. The van der Waals surface area contributed by atoms with Crippen LogP contribution < -0.4 is 0 Å². The minimum atomic E-state index is -3.84. The van der Waals surface area contributed by atoms with E-state index in [1.807, 2.05) is 0 Å². The average molecular weight is 282 g/mol. The van der Waals surface area contributed by atoms with E-state index >= 15 is 0 Å². The fourth-order valence-electron chi connectivity index (χ4n) is 0.381. The lowest BCUT2D eigenvalue weighted by atomic mass is 11.0. The minimum absolute atomic E-state index is 0.242. The van der Waals surface area contributed by atoms with Crippen LogP contribution in [-0.2, 0) is 19.5 Å². The molecule has 0 aliphatic heterocycles. The largest absolute Gasteiger partial charge is 0.286 e. The van der Waals surface area contributed by atoms with Crippen molar-refractivity contribution in [1.82, 2.24) is 0 Å². The average Bonchev–Trinajstić information content (AvgIpc) is 2.08. The molecule has 0 spiro atoms. The molecule has 10 heteroatoms.